The molecule has 0 radical (unpaired) electrons. The number of aromatic nitrogens is 2. The Labute approximate surface area is 74.8 Å². The van der Waals surface area contributed by atoms with Crippen LogP contribution in [0.25, 0.3) is 11.0 Å². The molecular weight excluding hydrogens is 169 g/mol. The SMILES string of the molecule is CCc1cc2[nH]c(N)nc2cc1F. The molecule has 0 spiro atoms. The predicted octanol–water partition coefficient (Wildman–Crippen LogP) is 1.85. The number of imidazole rings is 1. The van der Waals surface area contributed by atoms with Crippen molar-refractivity contribution in [2.24, 2.45) is 0 Å². The first-order valence-corrected chi connectivity index (χ1v) is 4.14. The van der Waals surface area contributed by atoms with Gasteiger partial charge in [0.2, 0.25) is 0 Å². The standard InChI is InChI=1S/C9H10FN3/c1-2-5-3-7-8(4-6(5)10)13-9(11)12-7/h3-4H,2H2,1H3,(H3,11,12,13). The van der Waals surface area contributed by atoms with Crippen LogP contribution >= 0.6 is 0 Å². The van der Waals surface area contributed by atoms with Gasteiger partial charge in [-0.05, 0) is 18.1 Å². The number of anilines is 1. The lowest BCUT2D eigenvalue weighted by atomic mass is 10.1. The maximum absolute atomic E-state index is 13.2. The predicted molar refractivity (Wildman–Crippen MR) is 49.8 cm³/mol. The van der Waals surface area contributed by atoms with Crippen molar-refractivity contribution < 1.29 is 4.39 Å². The van der Waals surface area contributed by atoms with Gasteiger partial charge in [0.25, 0.3) is 0 Å². The van der Waals surface area contributed by atoms with E-state index in [1.165, 1.54) is 6.07 Å². The smallest absolute Gasteiger partial charge is 0.198 e. The number of rotatable bonds is 1. The van der Waals surface area contributed by atoms with Crippen LogP contribution in [0, 0.1) is 5.82 Å². The minimum Gasteiger partial charge on any atom is -0.369 e. The Hall–Kier alpha value is -1.58. The van der Waals surface area contributed by atoms with E-state index < -0.39 is 0 Å². The Balaban J connectivity index is 2.72. The zero-order chi connectivity index (χ0) is 9.42. The van der Waals surface area contributed by atoms with Crippen LogP contribution in [0.15, 0.2) is 12.1 Å². The summed E-state index contributed by atoms with van der Waals surface area (Å²) in [7, 11) is 0. The van der Waals surface area contributed by atoms with Crippen LogP contribution in [0.4, 0.5) is 10.3 Å². The minimum atomic E-state index is -0.221. The summed E-state index contributed by atoms with van der Waals surface area (Å²) in [5.41, 5.74) is 7.48. The summed E-state index contributed by atoms with van der Waals surface area (Å²) < 4.78 is 13.2. The lowest BCUT2D eigenvalue weighted by Crippen LogP contribution is -1.87. The van der Waals surface area contributed by atoms with E-state index in [0.717, 1.165) is 5.52 Å². The van der Waals surface area contributed by atoms with E-state index in [1.807, 2.05) is 6.92 Å². The van der Waals surface area contributed by atoms with E-state index in [2.05, 4.69) is 9.97 Å². The summed E-state index contributed by atoms with van der Waals surface area (Å²) in [5, 5.41) is 0. The number of H-pyrrole nitrogens is 1. The van der Waals surface area contributed by atoms with E-state index in [0.29, 0.717) is 23.4 Å². The van der Waals surface area contributed by atoms with E-state index in [-0.39, 0.29) is 5.82 Å². The molecule has 0 fully saturated rings. The summed E-state index contributed by atoms with van der Waals surface area (Å²) in [6.45, 7) is 1.91. The topological polar surface area (TPSA) is 54.7 Å². The summed E-state index contributed by atoms with van der Waals surface area (Å²) in [4.78, 5) is 6.79. The lowest BCUT2D eigenvalue weighted by Gasteiger charge is -1.97. The molecule has 0 atom stereocenters. The third-order valence-electron chi connectivity index (χ3n) is 2.05. The van der Waals surface area contributed by atoms with Crippen LogP contribution < -0.4 is 5.73 Å². The van der Waals surface area contributed by atoms with Gasteiger partial charge in [0.15, 0.2) is 5.95 Å². The highest BCUT2D eigenvalue weighted by Crippen LogP contribution is 2.18. The molecule has 3 N–H and O–H groups in total. The van der Waals surface area contributed by atoms with Gasteiger partial charge in [-0.2, -0.15) is 0 Å². The summed E-state index contributed by atoms with van der Waals surface area (Å²) in [5.74, 6) is 0.101. The first-order chi connectivity index (χ1) is 6.20. The zero-order valence-corrected chi connectivity index (χ0v) is 7.26. The summed E-state index contributed by atoms with van der Waals surface area (Å²) in [6.07, 6.45) is 0.667. The highest BCUT2D eigenvalue weighted by molar-refractivity contribution is 5.78. The summed E-state index contributed by atoms with van der Waals surface area (Å²) in [6, 6.07) is 3.15. The number of hydrogen-bond donors (Lipinski definition) is 2. The van der Waals surface area contributed by atoms with Crippen molar-refractivity contribution >= 4 is 17.0 Å². The third-order valence-corrected chi connectivity index (χ3v) is 2.05. The molecular formula is C9H10FN3. The second-order valence-corrected chi connectivity index (χ2v) is 2.94. The van der Waals surface area contributed by atoms with Crippen molar-refractivity contribution in [3.8, 4) is 0 Å². The maximum atomic E-state index is 13.2. The second kappa shape index (κ2) is 2.73. The molecule has 3 nitrogen and oxygen atoms in total. The number of benzene rings is 1. The van der Waals surface area contributed by atoms with E-state index in [4.69, 9.17) is 5.73 Å². The van der Waals surface area contributed by atoms with Crippen molar-refractivity contribution in [2.45, 2.75) is 13.3 Å². The maximum Gasteiger partial charge on any atom is 0.198 e. The third kappa shape index (κ3) is 1.24. The Morgan fingerprint density at radius 1 is 1.54 bits per heavy atom. The van der Waals surface area contributed by atoms with Crippen molar-refractivity contribution in [1.82, 2.24) is 9.97 Å². The zero-order valence-electron chi connectivity index (χ0n) is 7.26. The quantitative estimate of drug-likeness (QED) is 0.701. The Morgan fingerprint density at radius 2 is 2.31 bits per heavy atom. The molecule has 1 aromatic carbocycles. The van der Waals surface area contributed by atoms with Gasteiger partial charge in [0, 0.05) is 6.07 Å². The molecule has 0 saturated carbocycles. The Kier molecular flexibility index (Phi) is 1.69. The van der Waals surface area contributed by atoms with Crippen molar-refractivity contribution in [2.75, 3.05) is 5.73 Å². The molecule has 68 valence electrons. The van der Waals surface area contributed by atoms with Gasteiger partial charge in [-0.25, -0.2) is 9.37 Å². The number of aryl methyl sites for hydroxylation is 1. The van der Waals surface area contributed by atoms with Gasteiger partial charge >= 0.3 is 0 Å². The van der Waals surface area contributed by atoms with Crippen molar-refractivity contribution in [1.29, 1.82) is 0 Å². The molecule has 1 heterocycles. The Morgan fingerprint density at radius 3 is 3.00 bits per heavy atom. The largest absolute Gasteiger partial charge is 0.369 e. The molecule has 0 unspecified atom stereocenters. The molecule has 2 rings (SSSR count). The lowest BCUT2D eigenvalue weighted by molar-refractivity contribution is 0.614. The van der Waals surface area contributed by atoms with Gasteiger partial charge in [-0.15, -0.1) is 0 Å². The van der Waals surface area contributed by atoms with Gasteiger partial charge in [-0.3, -0.25) is 0 Å². The van der Waals surface area contributed by atoms with Crippen molar-refractivity contribution in [3.63, 3.8) is 0 Å². The molecule has 13 heavy (non-hydrogen) atoms. The fourth-order valence-corrected chi connectivity index (χ4v) is 1.37. The Bertz CT molecular complexity index is 447. The van der Waals surface area contributed by atoms with Gasteiger partial charge in [-0.1, -0.05) is 6.92 Å². The van der Waals surface area contributed by atoms with E-state index in [9.17, 15) is 4.39 Å². The normalized spacial score (nSPS) is 10.9. The van der Waals surface area contributed by atoms with Gasteiger partial charge in [0.05, 0.1) is 11.0 Å². The number of nitrogens with two attached hydrogens (primary N) is 1. The number of halogens is 1. The first kappa shape index (κ1) is 8.04. The van der Waals surface area contributed by atoms with Crippen LogP contribution in [0.3, 0.4) is 0 Å². The highest BCUT2D eigenvalue weighted by Gasteiger charge is 2.05. The number of aromatic amines is 1. The van der Waals surface area contributed by atoms with E-state index in [1.54, 1.807) is 6.07 Å². The molecule has 0 amide bonds. The van der Waals surface area contributed by atoms with E-state index >= 15 is 0 Å². The van der Waals surface area contributed by atoms with Gasteiger partial charge in [0.1, 0.15) is 5.82 Å². The van der Waals surface area contributed by atoms with Crippen LogP contribution in [0.2, 0.25) is 0 Å². The molecule has 1 aromatic heterocycles. The highest BCUT2D eigenvalue weighted by atomic mass is 19.1. The number of nitrogens with zero attached hydrogens (tertiary/aromatic N) is 1. The molecule has 0 aliphatic rings. The van der Waals surface area contributed by atoms with Crippen molar-refractivity contribution in [3.05, 3.63) is 23.5 Å². The van der Waals surface area contributed by atoms with Gasteiger partial charge < -0.3 is 10.7 Å². The number of hydrogen-bond acceptors (Lipinski definition) is 2. The van der Waals surface area contributed by atoms with Crippen LogP contribution in [-0.2, 0) is 6.42 Å². The molecule has 0 aliphatic carbocycles. The van der Waals surface area contributed by atoms with Crippen LogP contribution in [0.5, 0.6) is 0 Å². The minimum absolute atomic E-state index is 0.221. The molecule has 0 bridgehead atoms. The summed E-state index contributed by atoms with van der Waals surface area (Å²) >= 11 is 0. The molecule has 2 aromatic rings. The number of nitrogen functional groups attached to an aromatic ring is 1. The molecule has 0 aliphatic heterocycles. The first-order valence-electron chi connectivity index (χ1n) is 4.14. The average molecular weight is 179 g/mol. The van der Waals surface area contributed by atoms with Crippen LogP contribution in [0.1, 0.15) is 12.5 Å². The fraction of sp³-hybridized carbons (Fsp3) is 0.222. The molecule has 0 saturated heterocycles. The number of nitrogens with one attached hydrogen (secondary N) is 1. The second-order valence-electron chi connectivity index (χ2n) is 2.94. The van der Waals surface area contributed by atoms with Crippen LogP contribution in [-0.4, -0.2) is 9.97 Å². The fourth-order valence-electron chi connectivity index (χ4n) is 1.37. The molecule has 4 heteroatoms. The number of fused-ring (bicyclic) bond motifs is 1. The average Bonchev–Trinajstić information content (AvgIpc) is 2.42. The monoisotopic (exact) mass is 179 g/mol.